The fourth-order valence-electron chi connectivity index (χ4n) is 6.54. The maximum Gasteiger partial charge on any atom is 2.00 e. The molecule has 4 rings (SSSR count). The van der Waals surface area contributed by atoms with Crippen LogP contribution < -0.4 is 25.4 Å². The Hall–Kier alpha value is -2.15. The predicted octanol–water partition coefficient (Wildman–Crippen LogP) is 8.98. The summed E-state index contributed by atoms with van der Waals surface area (Å²) in [5, 5.41) is 4.62. The zero-order chi connectivity index (χ0) is 31.4. The molecule has 2 nitrogen and oxygen atoms in total. The van der Waals surface area contributed by atoms with Crippen LogP contribution in [0.25, 0.3) is 0 Å². The summed E-state index contributed by atoms with van der Waals surface area (Å²) < 4.78 is 11.5. The van der Waals surface area contributed by atoms with Crippen molar-refractivity contribution in [2.75, 3.05) is 14.2 Å². The number of allylic oxidation sites excluding steroid dienone is 2. The van der Waals surface area contributed by atoms with Gasteiger partial charge in [0.25, 0.3) is 0 Å². The van der Waals surface area contributed by atoms with Gasteiger partial charge in [-0.1, -0.05) is 64.3 Å². The van der Waals surface area contributed by atoms with Crippen LogP contribution in [0, 0.1) is 45.9 Å². The largest absolute Gasteiger partial charge is 2.00 e. The summed E-state index contributed by atoms with van der Waals surface area (Å²) in [4.78, 5) is 0. The number of aryl methyl sites for hydroxylation is 4. The molecule has 43 heavy (non-hydrogen) atoms. The first-order valence-electron chi connectivity index (χ1n) is 14.4. The van der Waals surface area contributed by atoms with E-state index in [9.17, 15) is 0 Å². The van der Waals surface area contributed by atoms with E-state index >= 15 is 0 Å². The van der Waals surface area contributed by atoms with Crippen molar-refractivity contribution in [2.24, 2.45) is 0 Å². The van der Waals surface area contributed by atoms with Gasteiger partial charge in [0.2, 0.25) is 0 Å². The topological polar surface area (TPSA) is 18.5 Å². The van der Waals surface area contributed by atoms with Gasteiger partial charge in [0, 0.05) is 0 Å². The van der Waals surface area contributed by atoms with Crippen LogP contribution in [0.4, 0.5) is 0 Å². The van der Waals surface area contributed by atoms with Gasteiger partial charge in [-0.15, -0.1) is 17.5 Å². The Morgan fingerprint density at radius 1 is 0.767 bits per heavy atom. The number of methoxy groups -OCH3 is 2. The summed E-state index contributed by atoms with van der Waals surface area (Å²) in [6.45, 7) is 25.6. The van der Waals surface area contributed by atoms with E-state index in [0.29, 0.717) is 5.66 Å². The molecular weight excluding hydrogens is 606 g/mol. The quantitative estimate of drug-likeness (QED) is 0.110. The second-order valence-corrected chi connectivity index (χ2v) is 19.2. The normalized spacial score (nSPS) is 12.8. The zero-order valence-electron chi connectivity index (χ0n) is 28.1. The summed E-state index contributed by atoms with van der Waals surface area (Å²) in [6.07, 6.45) is 5.00. The molecule has 3 aromatic carbocycles. The van der Waals surface area contributed by atoms with Crippen LogP contribution in [0.15, 0.2) is 53.6 Å². The van der Waals surface area contributed by atoms with Gasteiger partial charge in [0.05, 0.1) is 14.2 Å². The molecule has 0 amide bonds. The van der Waals surface area contributed by atoms with Crippen LogP contribution >= 0.6 is 15.8 Å². The summed E-state index contributed by atoms with van der Waals surface area (Å²) in [5.41, 5.74) is 14.1. The third-order valence-corrected chi connectivity index (χ3v) is 13.7. The van der Waals surface area contributed by atoms with Crippen LogP contribution in [0.3, 0.4) is 0 Å². The van der Waals surface area contributed by atoms with Crippen molar-refractivity contribution in [3.05, 3.63) is 99.6 Å². The third kappa shape index (κ3) is 8.73. The van der Waals surface area contributed by atoms with Crippen molar-refractivity contribution in [3.8, 4) is 11.5 Å². The smallest absolute Gasteiger partial charge is 0.496 e. The van der Waals surface area contributed by atoms with E-state index in [-0.39, 0.29) is 35.3 Å². The average Bonchev–Trinajstić information content (AvgIpc) is 3.58. The molecule has 3 aromatic rings. The molecule has 0 spiro atoms. The van der Waals surface area contributed by atoms with Crippen molar-refractivity contribution in [1.82, 2.24) is 0 Å². The Morgan fingerprint density at radius 3 is 1.51 bits per heavy atom. The maximum absolute atomic E-state index is 5.73. The molecule has 0 fully saturated rings. The van der Waals surface area contributed by atoms with E-state index < -0.39 is 7.92 Å². The number of hydrogen-bond donors (Lipinski definition) is 0. The van der Waals surface area contributed by atoms with E-state index in [2.05, 4.69) is 148 Å². The predicted molar refractivity (Wildman–Crippen MR) is 183 cm³/mol. The van der Waals surface area contributed by atoms with E-state index in [1.807, 2.05) is 0 Å². The molecule has 0 bridgehead atoms. The Labute approximate surface area is 274 Å². The zero-order valence-corrected chi connectivity index (χ0v) is 31.0. The molecule has 0 saturated carbocycles. The van der Waals surface area contributed by atoms with Gasteiger partial charge in [-0.3, -0.25) is 11.5 Å². The molecule has 0 unspecified atom stereocenters. The van der Waals surface area contributed by atoms with Gasteiger partial charge < -0.3 is 9.47 Å². The fourth-order valence-corrected chi connectivity index (χ4v) is 14.3. The minimum Gasteiger partial charge on any atom is -0.496 e. The Morgan fingerprint density at radius 2 is 1.21 bits per heavy atom. The molecule has 2 radical (unpaired) electrons. The van der Waals surface area contributed by atoms with Crippen molar-refractivity contribution < 1.29 is 26.5 Å². The number of benzene rings is 2. The van der Waals surface area contributed by atoms with Crippen molar-refractivity contribution >= 4 is 31.8 Å². The molecular formula is C38H46FeO2P2. The van der Waals surface area contributed by atoms with Gasteiger partial charge in [-0.05, 0) is 101 Å². The summed E-state index contributed by atoms with van der Waals surface area (Å²) >= 11 is 0. The number of ether oxygens (including phenoxy) is 2. The van der Waals surface area contributed by atoms with Crippen LogP contribution in [-0.2, 0) is 17.1 Å². The minimum atomic E-state index is -0.790. The van der Waals surface area contributed by atoms with Crippen LogP contribution in [0.1, 0.15) is 81.9 Å². The van der Waals surface area contributed by atoms with Crippen LogP contribution in [0.5, 0.6) is 11.5 Å². The maximum atomic E-state index is 5.73. The molecule has 5 heteroatoms. The summed E-state index contributed by atoms with van der Waals surface area (Å²) in [6, 6.07) is 17.6. The molecule has 0 N–H and O–H groups in total. The van der Waals surface area contributed by atoms with Crippen molar-refractivity contribution in [1.29, 1.82) is 0 Å². The first kappa shape index (κ1) is 37.0. The Bertz CT molecular complexity index is 1410. The van der Waals surface area contributed by atoms with Crippen LogP contribution in [0.2, 0.25) is 0 Å². The molecule has 0 aromatic heterocycles. The molecule has 0 saturated heterocycles. The van der Waals surface area contributed by atoms with Gasteiger partial charge in [-0.2, -0.15) is 11.6 Å². The summed E-state index contributed by atoms with van der Waals surface area (Å²) in [5.74, 6) is 1.96. The molecule has 0 aliphatic heterocycles. The number of hydrogen-bond acceptors (Lipinski definition) is 2. The van der Waals surface area contributed by atoms with E-state index in [0.717, 1.165) is 11.5 Å². The SMILES string of the molecule is COc1c(C)cc(P(c2cc(C)c(OC)c(C)c2)[c-]2cc[c]c2[C@H](C)P(C(C)(C)C)C(C)(C)C)cc1C.[C]1=C=C=C=[C-]1.[Fe+2]. The molecule has 1 aliphatic carbocycles. The van der Waals surface area contributed by atoms with E-state index in [1.54, 1.807) is 14.2 Å². The first-order valence-corrected chi connectivity index (χ1v) is 17.2. The molecule has 0 heterocycles. The second-order valence-electron chi connectivity index (χ2n) is 12.9. The van der Waals surface area contributed by atoms with Gasteiger partial charge in [-0.25, -0.2) is 17.9 Å². The fraction of sp³-hybridized carbons (Fsp3) is 0.421. The van der Waals surface area contributed by atoms with E-state index in [1.165, 1.54) is 43.7 Å². The van der Waals surface area contributed by atoms with Gasteiger partial charge in [0.15, 0.2) is 0 Å². The Kier molecular flexibility index (Phi) is 13.1. The summed E-state index contributed by atoms with van der Waals surface area (Å²) in [7, 11) is 2.41. The third-order valence-electron chi connectivity index (χ3n) is 7.37. The molecule has 1 aliphatic rings. The van der Waals surface area contributed by atoms with Gasteiger partial charge >= 0.3 is 17.1 Å². The minimum absolute atomic E-state index is 0. The molecule has 228 valence electrons. The van der Waals surface area contributed by atoms with Crippen molar-refractivity contribution in [3.63, 3.8) is 0 Å². The Balaban J connectivity index is 0.000000973. The first-order chi connectivity index (χ1) is 19.6. The van der Waals surface area contributed by atoms with Crippen molar-refractivity contribution in [2.45, 2.75) is 92.1 Å². The molecule has 1 atom stereocenters. The monoisotopic (exact) mass is 652 g/mol. The average molecular weight is 653 g/mol. The van der Waals surface area contributed by atoms with Gasteiger partial charge in [0.1, 0.15) is 11.5 Å². The van der Waals surface area contributed by atoms with Crippen LogP contribution in [-0.4, -0.2) is 24.5 Å². The number of rotatable bonds is 7. The van der Waals surface area contributed by atoms with E-state index in [4.69, 9.17) is 9.47 Å². The second kappa shape index (κ2) is 15.2. The standard InChI is InChI=1S/C33H46O2P2.C5.Fe/c1-21-17-26(18-22(2)30(21)34-12)36(27-19-23(3)31(35-13)24(4)20-27)29-16-14-15-28(29)25(5)37(32(6,7)8)33(9,10)11;1-2-4-5-3-1;/h14,16-20,25H,1-13H3;;/q2*-1;+2/t25-;;/m0../s1.